The molecular formula is C23H24Cl2O5. The van der Waals surface area contributed by atoms with E-state index in [1.807, 2.05) is 36.4 Å². The van der Waals surface area contributed by atoms with Crippen molar-refractivity contribution in [1.82, 2.24) is 0 Å². The first kappa shape index (κ1) is 22.6. The van der Waals surface area contributed by atoms with Crippen molar-refractivity contribution in [2.75, 3.05) is 13.7 Å². The van der Waals surface area contributed by atoms with Gasteiger partial charge < -0.3 is 19.3 Å². The summed E-state index contributed by atoms with van der Waals surface area (Å²) in [6.07, 6.45) is 4.11. The highest BCUT2D eigenvalue weighted by molar-refractivity contribution is 6.36. The molecule has 0 aliphatic carbocycles. The Morgan fingerprint density at radius 1 is 1.17 bits per heavy atom. The molecular weight excluding hydrogens is 427 g/mol. The van der Waals surface area contributed by atoms with Crippen LogP contribution >= 0.6 is 23.2 Å². The van der Waals surface area contributed by atoms with Crippen LogP contribution in [0.4, 0.5) is 0 Å². The predicted molar refractivity (Wildman–Crippen MR) is 116 cm³/mol. The van der Waals surface area contributed by atoms with E-state index in [-0.39, 0.29) is 18.4 Å². The number of carboxylic acids is 1. The van der Waals surface area contributed by atoms with Crippen molar-refractivity contribution in [1.29, 1.82) is 0 Å². The van der Waals surface area contributed by atoms with Crippen molar-refractivity contribution >= 4 is 29.2 Å². The van der Waals surface area contributed by atoms with E-state index in [4.69, 9.17) is 42.5 Å². The molecule has 5 nitrogen and oxygen atoms in total. The molecule has 7 heteroatoms. The Morgan fingerprint density at radius 3 is 2.60 bits per heavy atom. The molecule has 0 radical (unpaired) electrons. The second-order valence-electron chi connectivity index (χ2n) is 7.00. The third-order valence-electron chi connectivity index (χ3n) is 4.97. The second-order valence-corrected chi connectivity index (χ2v) is 7.81. The van der Waals surface area contributed by atoms with Crippen LogP contribution in [0, 0.1) is 5.92 Å². The maximum Gasteiger partial charge on any atom is 0.303 e. The lowest BCUT2D eigenvalue weighted by atomic mass is 9.91. The van der Waals surface area contributed by atoms with E-state index >= 15 is 0 Å². The van der Waals surface area contributed by atoms with Crippen molar-refractivity contribution in [3.63, 3.8) is 0 Å². The van der Waals surface area contributed by atoms with Crippen molar-refractivity contribution in [3.05, 3.63) is 75.8 Å². The molecule has 1 aliphatic rings. The number of rotatable bonds is 8. The summed E-state index contributed by atoms with van der Waals surface area (Å²) in [6, 6.07) is 13.0. The molecule has 0 amide bonds. The van der Waals surface area contributed by atoms with Crippen molar-refractivity contribution in [2.45, 2.75) is 31.7 Å². The maximum absolute atomic E-state index is 10.7. The van der Waals surface area contributed by atoms with Gasteiger partial charge in [0.25, 0.3) is 0 Å². The van der Waals surface area contributed by atoms with E-state index < -0.39 is 12.3 Å². The lowest BCUT2D eigenvalue weighted by molar-refractivity contribution is -0.244. The van der Waals surface area contributed by atoms with Crippen LogP contribution in [0.2, 0.25) is 10.0 Å². The van der Waals surface area contributed by atoms with Crippen LogP contribution in [0.1, 0.15) is 42.8 Å². The van der Waals surface area contributed by atoms with E-state index in [1.165, 1.54) is 0 Å². The van der Waals surface area contributed by atoms with E-state index in [1.54, 1.807) is 25.3 Å². The molecule has 1 aliphatic heterocycles. The normalized spacial score (nSPS) is 21.6. The molecule has 1 fully saturated rings. The standard InChI is InChI=1S/C23H24Cl2O5/c1-28-19-12-6-5-9-16(19)22-15(8-3-2-4-13-20(26)27)14-29-23(30-22)21-17(24)10-7-11-18(21)25/h2-3,5-7,9-12,15,22-23H,4,8,13-14H2,1H3,(H,26,27)/b3-2-/t15-,22+,23+/m1/s1. The Kier molecular flexibility index (Phi) is 8.16. The average Bonchev–Trinajstić information content (AvgIpc) is 2.73. The lowest BCUT2D eigenvalue weighted by Crippen LogP contribution is -2.31. The molecule has 30 heavy (non-hydrogen) atoms. The molecule has 0 saturated carbocycles. The lowest BCUT2D eigenvalue weighted by Gasteiger charge is -2.37. The fourth-order valence-electron chi connectivity index (χ4n) is 3.49. The molecule has 1 heterocycles. The fraction of sp³-hybridized carbons (Fsp3) is 0.348. The van der Waals surface area contributed by atoms with Gasteiger partial charge in [-0.1, -0.05) is 59.6 Å². The number of methoxy groups -OCH3 is 1. The molecule has 1 saturated heterocycles. The Hall–Kier alpha value is -2.05. The van der Waals surface area contributed by atoms with E-state index in [0.29, 0.717) is 35.1 Å². The van der Waals surface area contributed by atoms with Crippen molar-refractivity contribution < 1.29 is 24.1 Å². The first-order valence-corrected chi connectivity index (χ1v) is 10.5. The summed E-state index contributed by atoms with van der Waals surface area (Å²) < 4.78 is 17.9. The molecule has 2 aromatic carbocycles. The number of ether oxygens (including phenoxy) is 3. The van der Waals surface area contributed by atoms with Crippen LogP contribution in [0.15, 0.2) is 54.6 Å². The monoisotopic (exact) mass is 450 g/mol. The van der Waals surface area contributed by atoms with Gasteiger partial charge in [0.05, 0.1) is 29.9 Å². The number of carboxylic acid groups (broad SMARTS) is 1. The zero-order chi connectivity index (χ0) is 21.5. The number of halogens is 2. The number of aliphatic carboxylic acids is 1. The van der Waals surface area contributed by atoms with Crippen LogP contribution in [0.3, 0.4) is 0 Å². The molecule has 1 N–H and O–H groups in total. The highest BCUT2D eigenvalue weighted by atomic mass is 35.5. The summed E-state index contributed by atoms with van der Waals surface area (Å²) in [6.45, 7) is 0.429. The van der Waals surface area contributed by atoms with Gasteiger partial charge in [-0.3, -0.25) is 4.79 Å². The quantitative estimate of drug-likeness (QED) is 0.483. The number of hydrogen-bond acceptors (Lipinski definition) is 4. The molecule has 3 atom stereocenters. The van der Waals surface area contributed by atoms with Crippen LogP contribution in [0.5, 0.6) is 5.75 Å². The van der Waals surface area contributed by atoms with Crippen LogP contribution < -0.4 is 4.74 Å². The zero-order valence-corrected chi connectivity index (χ0v) is 18.1. The summed E-state index contributed by atoms with van der Waals surface area (Å²) >= 11 is 12.7. The topological polar surface area (TPSA) is 65.0 Å². The molecule has 0 bridgehead atoms. The molecule has 0 unspecified atom stereocenters. The van der Waals surface area contributed by atoms with E-state index in [9.17, 15) is 4.79 Å². The summed E-state index contributed by atoms with van der Waals surface area (Å²) in [5, 5.41) is 9.75. The van der Waals surface area contributed by atoms with Gasteiger partial charge in [0.1, 0.15) is 5.75 Å². The largest absolute Gasteiger partial charge is 0.496 e. The Bertz CT molecular complexity index is 879. The summed E-state index contributed by atoms with van der Waals surface area (Å²) in [4.78, 5) is 10.7. The highest BCUT2D eigenvalue weighted by Crippen LogP contribution is 2.45. The Balaban J connectivity index is 1.84. The number of hydrogen-bond donors (Lipinski definition) is 1. The summed E-state index contributed by atoms with van der Waals surface area (Å²) in [5.74, 6) is -0.0662. The van der Waals surface area contributed by atoms with Crippen LogP contribution in [-0.2, 0) is 14.3 Å². The summed E-state index contributed by atoms with van der Waals surface area (Å²) in [5.41, 5.74) is 1.52. The van der Waals surface area contributed by atoms with Crippen molar-refractivity contribution in [3.8, 4) is 5.75 Å². The molecule has 2 aromatic rings. The number of benzene rings is 2. The third-order valence-corrected chi connectivity index (χ3v) is 5.63. The number of para-hydroxylation sites is 1. The van der Waals surface area contributed by atoms with Gasteiger partial charge in [-0.15, -0.1) is 0 Å². The van der Waals surface area contributed by atoms with E-state index in [0.717, 1.165) is 11.3 Å². The predicted octanol–water partition coefficient (Wildman–Crippen LogP) is 6.22. The van der Waals surface area contributed by atoms with E-state index in [2.05, 4.69) is 0 Å². The summed E-state index contributed by atoms with van der Waals surface area (Å²) in [7, 11) is 1.63. The van der Waals surface area contributed by atoms with Gasteiger partial charge >= 0.3 is 5.97 Å². The van der Waals surface area contributed by atoms with Gasteiger partial charge in [0.2, 0.25) is 0 Å². The minimum atomic E-state index is -0.810. The van der Waals surface area contributed by atoms with Crippen LogP contribution in [0.25, 0.3) is 0 Å². The number of carbonyl (C=O) groups is 1. The SMILES string of the molecule is COc1ccccc1[C@H]1O[C@@H](c2c(Cl)cccc2Cl)OC[C@H]1C/C=C\CCC(=O)O. The molecule has 0 aromatic heterocycles. The molecule has 3 rings (SSSR count). The van der Waals surface area contributed by atoms with Crippen LogP contribution in [-0.4, -0.2) is 24.8 Å². The van der Waals surface area contributed by atoms with Gasteiger partial charge in [0.15, 0.2) is 6.29 Å². The first-order chi connectivity index (χ1) is 14.5. The molecule has 0 spiro atoms. The zero-order valence-electron chi connectivity index (χ0n) is 16.6. The molecule has 160 valence electrons. The van der Waals surface area contributed by atoms with Gasteiger partial charge in [-0.2, -0.15) is 0 Å². The minimum Gasteiger partial charge on any atom is -0.496 e. The van der Waals surface area contributed by atoms with Gasteiger partial charge in [0, 0.05) is 23.5 Å². The average molecular weight is 451 g/mol. The smallest absolute Gasteiger partial charge is 0.303 e. The van der Waals surface area contributed by atoms with Gasteiger partial charge in [-0.05, 0) is 31.0 Å². The Morgan fingerprint density at radius 2 is 1.90 bits per heavy atom. The fourth-order valence-corrected chi connectivity index (χ4v) is 4.06. The second kappa shape index (κ2) is 10.8. The first-order valence-electron chi connectivity index (χ1n) is 9.72. The third kappa shape index (κ3) is 5.55. The maximum atomic E-state index is 10.7. The number of allylic oxidation sites excluding steroid dienone is 2. The van der Waals surface area contributed by atoms with Gasteiger partial charge in [-0.25, -0.2) is 0 Å². The minimum absolute atomic E-state index is 0.0138. The Labute approximate surface area is 186 Å². The van der Waals surface area contributed by atoms with Crippen molar-refractivity contribution in [2.24, 2.45) is 5.92 Å². The highest BCUT2D eigenvalue weighted by Gasteiger charge is 2.36.